The first-order chi connectivity index (χ1) is 18.9. The van der Waals surface area contributed by atoms with E-state index >= 15 is 0 Å². The highest BCUT2D eigenvalue weighted by Crippen LogP contribution is 2.51. The highest BCUT2D eigenvalue weighted by atomic mass is 31.2. The van der Waals surface area contributed by atoms with Gasteiger partial charge < -0.3 is 19.1 Å². The summed E-state index contributed by atoms with van der Waals surface area (Å²) in [6, 6.07) is 15.9. The van der Waals surface area contributed by atoms with Crippen LogP contribution in [0.25, 0.3) is 11.4 Å². The van der Waals surface area contributed by atoms with E-state index in [0.717, 1.165) is 29.8 Å². The van der Waals surface area contributed by atoms with Crippen molar-refractivity contribution in [2.75, 3.05) is 31.2 Å². The maximum Gasteiger partial charge on any atom is 0.335 e. The molecule has 3 rings (SSSR count). The Balaban J connectivity index is 1.71. The maximum atomic E-state index is 13.0. The molecule has 0 radical (unpaired) electrons. The summed E-state index contributed by atoms with van der Waals surface area (Å²) in [5, 5.41) is 11.0. The fourth-order valence-electron chi connectivity index (χ4n) is 4.52. The van der Waals surface area contributed by atoms with Gasteiger partial charge in [0.05, 0.1) is 36.9 Å². The molecule has 0 aliphatic carbocycles. The van der Waals surface area contributed by atoms with Crippen molar-refractivity contribution in [2.45, 2.75) is 72.1 Å². The fourth-order valence-corrected chi connectivity index (χ4v) is 6.20. The summed E-state index contributed by atoms with van der Waals surface area (Å²) in [5.74, 6) is 0. The van der Waals surface area contributed by atoms with E-state index in [-0.39, 0.29) is 6.16 Å². The Morgan fingerprint density at radius 1 is 0.821 bits per heavy atom. The molecule has 0 saturated heterocycles. The molecule has 0 fully saturated rings. The average molecular weight is 554 g/mol. The van der Waals surface area contributed by atoms with Crippen LogP contribution in [0.5, 0.6) is 0 Å². The number of pyridine rings is 2. The van der Waals surface area contributed by atoms with Crippen molar-refractivity contribution in [1.82, 2.24) is 9.97 Å². The van der Waals surface area contributed by atoms with Crippen molar-refractivity contribution in [3.8, 4) is 11.4 Å². The Morgan fingerprint density at radius 2 is 1.36 bits per heavy atom. The Labute approximate surface area is 234 Å². The second-order valence-electron chi connectivity index (χ2n) is 9.71. The molecular weight excluding hydrogens is 509 g/mol. The number of aromatic nitrogens is 2. The van der Waals surface area contributed by atoms with Gasteiger partial charge in [-0.05, 0) is 79.8 Å². The zero-order chi connectivity index (χ0) is 28.1. The molecule has 39 heavy (non-hydrogen) atoms. The van der Waals surface area contributed by atoms with Gasteiger partial charge in [-0.3, -0.25) is 14.5 Å². The van der Waals surface area contributed by atoms with Gasteiger partial charge in [-0.1, -0.05) is 38.8 Å². The van der Waals surface area contributed by atoms with E-state index in [1.807, 2.05) is 36.4 Å². The maximum absolute atomic E-state index is 13.0. The van der Waals surface area contributed by atoms with E-state index in [9.17, 15) is 9.67 Å². The van der Waals surface area contributed by atoms with Crippen molar-refractivity contribution in [3.05, 3.63) is 77.6 Å². The molecule has 1 unspecified atom stereocenters. The first-order valence-electron chi connectivity index (χ1n) is 14.2. The first-order valence-corrected chi connectivity index (χ1v) is 15.9. The number of rotatable bonds is 17. The van der Waals surface area contributed by atoms with E-state index in [1.54, 1.807) is 26.2 Å². The van der Waals surface area contributed by atoms with Crippen LogP contribution in [-0.2, 0) is 26.2 Å². The number of nitrogens with zero attached hydrogens (tertiary/aromatic N) is 3. The lowest BCUT2D eigenvalue weighted by Gasteiger charge is -2.25. The fraction of sp³-hybridized carbons (Fsp3) is 0.484. The Kier molecular flexibility index (Phi) is 12.6. The molecule has 0 bridgehead atoms. The molecule has 0 aliphatic rings. The quantitative estimate of drug-likeness (QED) is 0.172. The van der Waals surface area contributed by atoms with Crippen LogP contribution in [0.1, 0.15) is 76.2 Å². The largest absolute Gasteiger partial charge is 0.388 e. The van der Waals surface area contributed by atoms with Gasteiger partial charge >= 0.3 is 7.60 Å². The number of hydrogen-bond donors (Lipinski definition) is 1. The second-order valence-corrected chi connectivity index (χ2v) is 11.8. The molecule has 0 spiro atoms. The predicted octanol–water partition coefficient (Wildman–Crippen LogP) is 7.59. The molecule has 2 heterocycles. The van der Waals surface area contributed by atoms with Crippen LogP contribution in [0.15, 0.2) is 60.9 Å². The van der Waals surface area contributed by atoms with Crippen LogP contribution < -0.4 is 4.90 Å². The van der Waals surface area contributed by atoms with Crippen LogP contribution in [0.2, 0.25) is 0 Å². The van der Waals surface area contributed by atoms with E-state index in [1.165, 1.54) is 31.4 Å². The monoisotopic (exact) mass is 553 g/mol. The lowest BCUT2D eigenvalue weighted by molar-refractivity contribution is 0.178. The molecule has 0 aliphatic heterocycles. The number of aliphatic hydroxyl groups excluding tert-OH is 1. The molecule has 2 aromatic heterocycles. The molecule has 1 aromatic carbocycles. The van der Waals surface area contributed by atoms with Crippen LogP contribution in [-0.4, -0.2) is 41.4 Å². The summed E-state index contributed by atoms with van der Waals surface area (Å²) in [6.45, 7) is 10.8. The molecule has 0 amide bonds. The third kappa shape index (κ3) is 9.54. The van der Waals surface area contributed by atoms with Crippen LogP contribution in [0, 0.1) is 0 Å². The minimum absolute atomic E-state index is 0.174. The zero-order valence-electron chi connectivity index (χ0n) is 23.9. The Hall–Kier alpha value is -2.57. The number of unbranched alkanes of at least 4 members (excludes halogenated alkanes) is 2. The van der Waals surface area contributed by atoms with Gasteiger partial charge in [0.1, 0.15) is 0 Å². The number of anilines is 1. The first kappa shape index (κ1) is 31.0. The molecule has 212 valence electrons. The zero-order valence-corrected chi connectivity index (χ0v) is 24.8. The van der Waals surface area contributed by atoms with Crippen molar-refractivity contribution in [3.63, 3.8) is 0 Å². The summed E-state index contributed by atoms with van der Waals surface area (Å²) >= 11 is 0. The number of benzene rings is 1. The van der Waals surface area contributed by atoms with Crippen LogP contribution in [0.4, 0.5) is 5.69 Å². The normalized spacial score (nSPS) is 12.4. The molecular formula is C31H44N3O4P. The third-order valence-corrected chi connectivity index (χ3v) is 8.63. The highest BCUT2D eigenvalue weighted by molar-refractivity contribution is 7.53. The summed E-state index contributed by atoms with van der Waals surface area (Å²) in [5.41, 5.74) is 5.25. The van der Waals surface area contributed by atoms with Crippen LogP contribution >= 0.6 is 7.60 Å². The van der Waals surface area contributed by atoms with E-state index in [0.29, 0.717) is 31.0 Å². The smallest absolute Gasteiger partial charge is 0.335 e. The van der Waals surface area contributed by atoms with E-state index in [4.69, 9.17) is 9.05 Å². The molecule has 1 N–H and O–H groups in total. The van der Waals surface area contributed by atoms with Crippen molar-refractivity contribution >= 4 is 13.3 Å². The van der Waals surface area contributed by atoms with Gasteiger partial charge in [0.2, 0.25) is 0 Å². The summed E-state index contributed by atoms with van der Waals surface area (Å²) in [7, 11) is -3.22. The number of aliphatic hydroxyl groups is 1. The number of hydrogen-bond acceptors (Lipinski definition) is 7. The van der Waals surface area contributed by atoms with Gasteiger partial charge in [-0.25, -0.2) is 0 Å². The minimum Gasteiger partial charge on any atom is -0.388 e. The molecule has 7 nitrogen and oxygen atoms in total. The van der Waals surface area contributed by atoms with Gasteiger partial charge in [0, 0.05) is 37.6 Å². The Morgan fingerprint density at radius 3 is 1.90 bits per heavy atom. The standard InChI is InChI=1S/C31H44N3O4P/c1-5-9-19-34(20-10-6-2)28-13-11-27(12-14-28)31(35)23-25-15-17-32-29(21-25)30-22-26(16-18-33-30)24-39(36,37-7-3)38-8-4/h11-18,21-22,31,35H,5-10,19-20,23-24H2,1-4H3. The average Bonchev–Trinajstić information content (AvgIpc) is 2.94. The van der Waals surface area contributed by atoms with Crippen LogP contribution in [0.3, 0.4) is 0 Å². The lowest BCUT2D eigenvalue weighted by atomic mass is 10.0. The van der Waals surface area contributed by atoms with Crippen molar-refractivity contribution in [2.24, 2.45) is 0 Å². The van der Waals surface area contributed by atoms with Gasteiger partial charge in [0.25, 0.3) is 0 Å². The van der Waals surface area contributed by atoms with E-state index in [2.05, 4.69) is 40.8 Å². The second kappa shape index (κ2) is 15.9. The summed E-state index contributed by atoms with van der Waals surface area (Å²) in [4.78, 5) is 11.4. The molecule has 1 atom stereocenters. The summed E-state index contributed by atoms with van der Waals surface area (Å²) in [6.07, 6.45) is 8.13. The van der Waals surface area contributed by atoms with Gasteiger partial charge in [0.15, 0.2) is 0 Å². The van der Waals surface area contributed by atoms with Crippen molar-refractivity contribution in [1.29, 1.82) is 0 Å². The van der Waals surface area contributed by atoms with Gasteiger partial charge in [-0.2, -0.15) is 0 Å². The topological polar surface area (TPSA) is 84.8 Å². The summed E-state index contributed by atoms with van der Waals surface area (Å²) < 4.78 is 23.9. The minimum atomic E-state index is -3.22. The van der Waals surface area contributed by atoms with Gasteiger partial charge in [-0.15, -0.1) is 0 Å². The highest BCUT2D eigenvalue weighted by Gasteiger charge is 2.24. The predicted molar refractivity (Wildman–Crippen MR) is 159 cm³/mol. The van der Waals surface area contributed by atoms with Crippen molar-refractivity contribution < 1.29 is 18.7 Å². The van der Waals surface area contributed by atoms with E-state index < -0.39 is 13.7 Å². The molecule has 0 saturated carbocycles. The Bertz CT molecular complexity index is 1170. The molecule has 8 heteroatoms. The lowest BCUT2D eigenvalue weighted by Crippen LogP contribution is -2.25. The SMILES string of the molecule is CCCCN(CCCC)c1ccc(C(O)Cc2ccnc(-c3cc(CP(=O)(OCC)OCC)ccn3)c2)cc1. The third-order valence-electron chi connectivity index (χ3n) is 6.57. The molecule has 3 aromatic rings.